The number of benzene rings is 3. The van der Waals surface area contributed by atoms with Gasteiger partial charge in [0.25, 0.3) is 5.91 Å². The molecule has 0 fully saturated rings. The minimum Gasteiger partial charge on any atom is -0.492 e. The van der Waals surface area contributed by atoms with Crippen molar-refractivity contribution >= 4 is 22.6 Å². The van der Waals surface area contributed by atoms with Crippen molar-refractivity contribution in [3.63, 3.8) is 0 Å². The first-order valence-corrected chi connectivity index (χ1v) is 10.00. The number of nitrogens with zero attached hydrogens (tertiary/aromatic N) is 1. The van der Waals surface area contributed by atoms with Gasteiger partial charge in [-0.1, -0.05) is 66.2 Å². The molecule has 0 radical (unpaired) electrons. The van der Waals surface area contributed by atoms with Crippen LogP contribution >= 0.6 is 0 Å². The van der Waals surface area contributed by atoms with Crippen LogP contribution in [0.1, 0.15) is 16.8 Å². The Morgan fingerprint density at radius 2 is 1.70 bits per heavy atom. The summed E-state index contributed by atoms with van der Waals surface area (Å²) in [5.74, 6) is -1.02. The summed E-state index contributed by atoms with van der Waals surface area (Å²) in [4.78, 5) is 26.7. The molecule has 0 saturated carbocycles. The van der Waals surface area contributed by atoms with E-state index in [1.54, 1.807) is 17.0 Å². The molecule has 1 aliphatic heterocycles. The molecule has 1 unspecified atom stereocenters. The number of hydrogen-bond donors (Lipinski definition) is 1. The van der Waals surface area contributed by atoms with Gasteiger partial charge in [-0.15, -0.1) is 0 Å². The Labute approximate surface area is 175 Å². The molecule has 0 bridgehead atoms. The molecule has 5 nitrogen and oxygen atoms in total. The predicted molar refractivity (Wildman–Crippen MR) is 116 cm³/mol. The highest BCUT2D eigenvalue weighted by Gasteiger charge is 2.28. The normalized spacial score (nSPS) is 14.8. The Morgan fingerprint density at radius 1 is 0.967 bits per heavy atom. The minimum absolute atomic E-state index is 0.0329. The SMILES string of the molecule is O=C(O)C(COc1ccccc1)C1=CCN(C(=O)c2cccc3ccccc23)CC1. The second-order valence-electron chi connectivity index (χ2n) is 7.32. The molecule has 3 aromatic carbocycles. The highest BCUT2D eigenvalue weighted by atomic mass is 16.5. The Hall–Kier alpha value is -3.60. The molecule has 30 heavy (non-hydrogen) atoms. The van der Waals surface area contributed by atoms with Crippen LogP contribution in [0.25, 0.3) is 10.8 Å². The lowest BCUT2D eigenvalue weighted by molar-refractivity contribution is -0.141. The Bertz CT molecular complexity index is 1090. The third-order valence-electron chi connectivity index (χ3n) is 5.46. The zero-order valence-electron chi connectivity index (χ0n) is 16.5. The van der Waals surface area contributed by atoms with Crippen LogP contribution in [0, 0.1) is 5.92 Å². The van der Waals surface area contributed by atoms with Crippen LogP contribution in [-0.2, 0) is 4.79 Å². The van der Waals surface area contributed by atoms with Crippen LogP contribution in [0.2, 0.25) is 0 Å². The zero-order chi connectivity index (χ0) is 20.9. The van der Waals surface area contributed by atoms with Gasteiger partial charge in [-0.2, -0.15) is 0 Å². The van der Waals surface area contributed by atoms with Crippen molar-refractivity contribution < 1.29 is 19.4 Å². The average Bonchev–Trinajstić information content (AvgIpc) is 2.79. The van der Waals surface area contributed by atoms with Crippen LogP contribution < -0.4 is 4.74 Å². The third kappa shape index (κ3) is 4.20. The number of aliphatic carboxylic acids is 1. The van der Waals surface area contributed by atoms with E-state index in [0.29, 0.717) is 30.8 Å². The van der Waals surface area contributed by atoms with E-state index in [2.05, 4.69) is 0 Å². The Balaban J connectivity index is 1.47. The number of carboxylic acids is 1. The standard InChI is InChI=1S/C25H23NO4/c27-24(22-12-6-8-18-7-4-5-11-21(18)22)26-15-13-19(14-16-26)23(25(28)29)17-30-20-9-2-1-3-10-20/h1-13,23H,14-17H2,(H,28,29). The topological polar surface area (TPSA) is 66.8 Å². The van der Waals surface area contributed by atoms with Gasteiger partial charge in [-0.25, -0.2) is 0 Å². The minimum atomic E-state index is -0.911. The average molecular weight is 401 g/mol. The molecule has 5 heteroatoms. The largest absolute Gasteiger partial charge is 0.492 e. The van der Waals surface area contributed by atoms with E-state index in [0.717, 1.165) is 16.3 Å². The second-order valence-corrected chi connectivity index (χ2v) is 7.32. The van der Waals surface area contributed by atoms with E-state index in [4.69, 9.17) is 4.74 Å². The first-order chi connectivity index (χ1) is 14.6. The molecule has 152 valence electrons. The van der Waals surface area contributed by atoms with Gasteiger partial charge in [0.05, 0.1) is 0 Å². The van der Waals surface area contributed by atoms with Gasteiger partial charge in [0, 0.05) is 18.7 Å². The molecule has 0 aliphatic carbocycles. The number of rotatable bonds is 6. The summed E-state index contributed by atoms with van der Waals surface area (Å²) in [7, 11) is 0. The molecule has 4 rings (SSSR count). The van der Waals surface area contributed by atoms with Crippen LogP contribution in [0.3, 0.4) is 0 Å². The molecule has 0 spiro atoms. The molecular formula is C25H23NO4. The second kappa shape index (κ2) is 8.82. The van der Waals surface area contributed by atoms with Crippen molar-refractivity contribution in [2.24, 2.45) is 5.92 Å². The van der Waals surface area contributed by atoms with Gasteiger partial charge in [-0.3, -0.25) is 9.59 Å². The van der Waals surface area contributed by atoms with Crippen LogP contribution in [0.5, 0.6) is 5.75 Å². The van der Waals surface area contributed by atoms with E-state index in [-0.39, 0.29) is 12.5 Å². The maximum absolute atomic E-state index is 13.1. The number of para-hydroxylation sites is 1. The monoisotopic (exact) mass is 401 g/mol. The van der Waals surface area contributed by atoms with Crippen molar-refractivity contribution in [3.8, 4) is 5.75 Å². The van der Waals surface area contributed by atoms with Gasteiger partial charge in [0.2, 0.25) is 0 Å². The molecule has 0 saturated heterocycles. The number of amides is 1. The first kappa shape index (κ1) is 19.7. The number of ether oxygens (including phenoxy) is 1. The molecule has 0 aromatic heterocycles. The summed E-state index contributed by atoms with van der Waals surface area (Å²) in [5, 5.41) is 11.6. The summed E-state index contributed by atoms with van der Waals surface area (Å²) >= 11 is 0. The maximum Gasteiger partial charge on any atom is 0.314 e. The molecular weight excluding hydrogens is 378 g/mol. The van der Waals surface area contributed by atoms with E-state index >= 15 is 0 Å². The summed E-state index contributed by atoms with van der Waals surface area (Å²) < 4.78 is 5.67. The van der Waals surface area contributed by atoms with E-state index in [1.807, 2.05) is 66.7 Å². The smallest absolute Gasteiger partial charge is 0.314 e. The van der Waals surface area contributed by atoms with Crippen molar-refractivity contribution in [3.05, 3.63) is 90.0 Å². The van der Waals surface area contributed by atoms with Crippen molar-refractivity contribution in [1.29, 1.82) is 0 Å². The number of hydrogen-bond acceptors (Lipinski definition) is 3. The fourth-order valence-electron chi connectivity index (χ4n) is 3.80. The predicted octanol–water partition coefficient (Wildman–Crippen LogP) is 4.39. The van der Waals surface area contributed by atoms with Gasteiger partial charge in [-0.05, 0) is 35.4 Å². The summed E-state index contributed by atoms with van der Waals surface area (Å²) in [5.41, 5.74) is 1.48. The lowest BCUT2D eigenvalue weighted by Crippen LogP contribution is -2.37. The van der Waals surface area contributed by atoms with Crippen LogP contribution in [-0.4, -0.2) is 41.6 Å². The van der Waals surface area contributed by atoms with Gasteiger partial charge < -0.3 is 14.7 Å². The third-order valence-corrected chi connectivity index (χ3v) is 5.46. The van der Waals surface area contributed by atoms with Crippen molar-refractivity contribution in [1.82, 2.24) is 4.90 Å². The van der Waals surface area contributed by atoms with Crippen LogP contribution in [0.15, 0.2) is 84.4 Å². The summed E-state index contributed by atoms with van der Waals surface area (Å²) in [6, 6.07) is 22.7. The fraction of sp³-hybridized carbons (Fsp3) is 0.200. The van der Waals surface area contributed by atoms with Gasteiger partial charge in [0.1, 0.15) is 18.3 Å². The lowest BCUT2D eigenvalue weighted by atomic mass is 9.93. The Kier molecular flexibility index (Phi) is 5.80. The van der Waals surface area contributed by atoms with E-state index < -0.39 is 11.9 Å². The molecule has 1 atom stereocenters. The quantitative estimate of drug-likeness (QED) is 0.622. The number of carbonyl (C=O) groups is 2. The highest BCUT2D eigenvalue weighted by molar-refractivity contribution is 6.07. The van der Waals surface area contributed by atoms with Gasteiger partial charge in [0.15, 0.2) is 0 Å². The molecule has 1 N–H and O–H groups in total. The number of carboxylic acid groups (broad SMARTS) is 1. The molecule has 1 aliphatic rings. The first-order valence-electron chi connectivity index (χ1n) is 10.00. The number of fused-ring (bicyclic) bond motifs is 1. The van der Waals surface area contributed by atoms with E-state index in [1.165, 1.54) is 0 Å². The molecule has 1 amide bonds. The Morgan fingerprint density at radius 3 is 2.43 bits per heavy atom. The summed E-state index contributed by atoms with van der Waals surface area (Å²) in [6.07, 6.45) is 2.38. The maximum atomic E-state index is 13.1. The van der Waals surface area contributed by atoms with Crippen molar-refractivity contribution in [2.75, 3.05) is 19.7 Å². The highest BCUT2D eigenvalue weighted by Crippen LogP contribution is 2.25. The zero-order valence-corrected chi connectivity index (χ0v) is 16.5. The van der Waals surface area contributed by atoms with E-state index in [9.17, 15) is 14.7 Å². The van der Waals surface area contributed by atoms with Gasteiger partial charge >= 0.3 is 5.97 Å². The summed E-state index contributed by atoms with van der Waals surface area (Å²) in [6.45, 7) is 0.956. The van der Waals surface area contributed by atoms with Crippen molar-refractivity contribution in [2.45, 2.75) is 6.42 Å². The molecule has 1 heterocycles. The lowest BCUT2D eigenvalue weighted by Gasteiger charge is -2.29. The number of carbonyl (C=O) groups excluding carboxylic acids is 1. The van der Waals surface area contributed by atoms with Crippen LogP contribution in [0.4, 0.5) is 0 Å². The molecule has 3 aromatic rings. The fourth-order valence-corrected chi connectivity index (χ4v) is 3.80.